The summed E-state index contributed by atoms with van der Waals surface area (Å²) in [5.74, 6) is -0.514. The minimum Gasteiger partial charge on any atom is -0.485 e. The van der Waals surface area contributed by atoms with Gasteiger partial charge in [-0.15, -0.1) is 0 Å². The van der Waals surface area contributed by atoms with Crippen molar-refractivity contribution in [2.24, 2.45) is 11.3 Å². The van der Waals surface area contributed by atoms with Gasteiger partial charge in [0.05, 0.1) is 26.7 Å². The van der Waals surface area contributed by atoms with Crippen molar-refractivity contribution in [3.63, 3.8) is 0 Å². The van der Waals surface area contributed by atoms with E-state index in [9.17, 15) is 23.6 Å². The molecule has 2 fully saturated rings. The molecule has 34 heavy (non-hydrogen) atoms. The molecule has 4 rings (SSSR count). The summed E-state index contributed by atoms with van der Waals surface area (Å²) < 4.78 is 35.9. The van der Waals surface area contributed by atoms with Gasteiger partial charge in [-0.1, -0.05) is 38.4 Å². The molecule has 9 heteroatoms. The highest BCUT2D eigenvalue weighted by Gasteiger charge is 2.57. The molecule has 2 aromatic carbocycles. The van der Waals surface area contributed by atoms with Gasteiger partial charge in [0.1, 0.15) is 17.4 Å². The number of hydrogen-bond acceptors (Lipinski definition) is 5. The predicted octanol–water partition coefficient (Wildman–Crippen LogP) is 5.79. The van der Waals surface area contributed by atoms with Gasteiger partial charge in [0, 0.05) is 11.5 Å². The first-order valence-corrected chi connectivity index (χ1v) is 13.0. The van der Waals surface area contributed by atoms with Gasteiger partial charge in [0.25, 0.3) is 10.0 Å². The lowest BCUT2D eigenvalue weighted by molar-refractivity contribution is -0.156. The molecule has 180 valence electrons. The first kappa shape index (κ1) is 24.4. The minimum absolute atomic E-state index is 0.0706. The Bertz CT molecular complexity index is 1330. The fourth-order valence-corrected chi connectivity index (χ4v) is 6.13. The van der Waals surface area contributed by atoms with Gasteiger partial charge in [0.2, 0.25) is 0 Å². The number of benzene rings is 2. The van der Waals surface area contributed by atoms with Crippen LogP contribution in [0, 0.1) is 22.7 Å². The number of nitrogens with one attached hydrogen (secondary N) is 1. The maximum atomic E-state index is 13.5. The number of halogens is 1. The highest BCUT2D eigenvalue weighted by molar-refractivity contribution is 7.92. The number of carboxylic acids is 1. The van der Waals surface area contributed by atoms with E-state index in [0.717, 1.165) is 19.3 Å². The predicted molar refractivity (Wildman–Crippen MR) is 129 cm³/mol. The number of nitriles is 1. The lowest BCUT2D eigenvalue weighted by atomic mass is 9.53. The van der Waals surface area contributed by atoms with Gasteiger partial charge in [0.15, 0.2) is 0 Å². The van der Waals surface area contributed by atoms with E-state index in [4.69, 9.17) is 16.3 Å². The second kappa shape index (κ2) is 8.17. The van der Waals surface area contributed by atoms with E-state index in [1.807, 2.05) is 13.0 Å². The standard InChI is InChI=1S/C25H27ClN2O5S/c1-14-12-25(4,24(14,2)3)33-21-11-19(26)17(13-27)9-20(21)28-34(31,32)22-10-16(23(29)30)7-8-18(22)15-5-6-15/h7-11,14-15,28H,5-6,12H2,1-4H3,(H,29,30). The number of ether oxygens (including phenoxy) is 1. The summed E-state index contributed by atoms with van der Waals surface area (Å²) in [6, 6.07) is 8.93. The van der Waals surface area contributed by atoms with Gasteiger partial charge in [-0.3, -0.25) is 4.72 Å². The molecule has 0 bridgehead atoms. The molecule has 2 atom stereocenters. The zero-order valence-electron chi connectivity index (χ0n) is 19.5. The average Bonchev–Trinajstić information content (AvgIpc) is 3.60. The van der Waals surface area contributed by atoms with Crippen molar-refractivity contribution in [1.82, 2.24) is 0 Å². The number of hydrogen-bond donors (Lipinski definition) is 2. The summed E-state index contributed by atoms with van der Waals surface area (Å²) in [6.45, 7) is 8.29. The molecule has 2 aliphatic rings. The number of carboxylic acid groups (broad SMARTS) is 1. The molecule has 7 nitrogen and oxygen atoms in total. The van der Waals surface area contributed by atoms with Gasteiger partial charge >= 0.3 is 5.97 Å². The summed E-state index contributed by atoms with van der Waals surface area (Å²) in [6.07, 6.45) is 2.46. The molecule has 0 saturated heterocycles. The maximum Gasteiger partial charge on any atom is 0.335 e. The molecule has 0 amide bonds. The third-order valence-corrected chi connectivity index (χ3v) is 9.36. The number of sulfonamides is 1. The molecule has 0 spiro atoms. The number of aromatic carboxylic acids is 1. The van der Waals surface area contributed by atoms with Crippen LogP contribution in [-0.4, -0.2) is 25.1 Å². The molecular weight excluding hydrogens is 476 g/mol. The summed E-state index contributed by atoms with van der Waals surface area (Å²) >= 11 is 6.27. The molecular formula is C25H27ClN2O5S. The van der Waals surface area contributed by atoms with E-state index in [-0.39, 0.29) is 43.8 Å². The van der Waals surface area contributed by atoms with Crippen LogP contribution in [0.2, 0.25) is 5.02 Å². The van der Waals surface area contributed by atoms with Crippen LogP contribution in [0.1, 0.15) is 74.4 Å². The molecule has 2 aromatic rings. The van der Waals surface area contributed by atoms with E-state index in [2.05, 4.69) is 25.5 Å². The van der Waals surface area contributed by atoms with Gasteiger partial charge in [-0.2, -0.15) is 5.26 Å². The molecule has 0 radical (unpaired) electrons. The first-order chi connectivity index (χ1) is 15.8. The minimum atomic E-state index is -4.19. The zero-order valence-corrected chi connectivity index (χ0v) is 21.0. The Morgan fingerprint density at radius 2 is 1.91 bits per heavy atom. The Hall–Kier alpha value is -2.76. The fourth-order valence-electron chi connectivity index (χ4n) is 4.54. The highest BCUT2D eigenvalue weighted by Crippen LogP contribution is 2.56. The maximum absolute atomic E-state index is 13.5. The summed E-state index contributed by atoms with van der Waals surface area (Å²) in [5.41, 5.74) is -0.0896. The third kappa shape index (κ3) is 4.12. The topological polar surface area (TPSA) is 116 Å². The number of anilines is 1. The van der Waals surface area contributed by atoms with Crippen molar-refractivity contribution < 1.29 is 23.1 Å². The smallest absolute Gasteiger partial charge is 0.335 e. The van der Waals surface area contributed by atoms with Gasteiger partial charge in [-0.25, -0.2) is 13.2 Å². The third-order valence-electron chi connectivity index (χ3n) is 7.63. The lowest BCUT2D eigenvalue weighted by Crippen LogP contribution is -2.61. The molecule has 0 aliphatic heterocycles. The van der Waals surface area contributed by atoms with Crippen molar-refractivity contribution in [1.29, 1.82) is 5.26 Å². The number of nitrogens with zero attached hydrogens (tertiary/aromatic N) is 1. The highest BCUT2D eigenvalue weighted by atomic mass is 35.5. The van der Waals surface area contributed by atoms with Crippen LogP contribution in [0.15, 0.2) is 35.2 Å². The Morgan fingerprint density at radius 3 is 2.44 bits per heavy atom. The van der Waals surface area contributed by atoms with Gasteiger partial charge in [-0.05, 0) is 61.8 Å². The Labute approximate surface area is 204 Å². The van der Waals surface area contributed by atoms with Crippen molar-refractivity contribution in [2.75, 3.05) is 4.72 Å². The lowest BCUT2D eigenvalue weighted by Gasteiger charge is -2.58. The van der Waals surface area contributed by atoms with Crippen LogP contribution in [0.5, 0.6) is 5.75 Å². The van der Waals surface area contributed by atoms with Crippen molar-refractivity contribution in [2.45, 2.75) is 63.4 Å². The van der Waals surface area contributed by atoms with Crippen molar-refractivity contribution in [3.8, 4) is 11.8 Å². The van der Waals surface area contributed by atoms with E-state index < -0.39 is 21.6 Å². The largest absolute Gasteiger partial charge is 0.485 e. The molecule has 0 aromatic heterocycles. The fraction of sp³-hybridized carbons (Fsp3) is 0.440. The number of rotatable bonds is 7. The van der Waals surface area contributed by atoms with E-state index >= 15 is 0 Å². The van der Waals surface area contributed by atoms with Crippen LogP contribution in [0.4, 0.5) is 5.69 Å². The van der Waals surface area contributed by atoms with Crippen LogP contribution in [-0.2, 0) is 10.0 Å². The molecule has 0 heterocycles. The summed E-state index contributed by atoms with van der Waals surface area (Å²) in [7, 11) is -4.19. The Balaban J connectivity index is 1.77. The van der Waals surface area contributed by atoms with Crippen LogP contribution < -0.4 is 9.46 Å². The molecule has 2 saturated carbocycles. The molecule has 2 unspecified atom stereocenters. The SMILES string of the molecule is CC1CC(C)(Oc2cc(Cl)c(C#N)cc2NS(=O)(=O)c2cc(C(=O)O)ccc2C2CC2)C1(C)C. The molecule has 2 aliphatic carbocycles. The van der Waals surface area contributed by atoms with Crippen molar-refractivity contribution >= 4 is 33.3 Å². The zero-order chi connectivity index (χ0) is 25.1. The first-order valence-electron chi connectivity index (χ1n) is 11.1. The second-order valence-electron chi connectivity index (χ2n) is 10.0. The van der Waals surface area contributed by atoms with Crippen LogP contribution in [0.25, 0.3) is 0 Å². The van der Waals surface area contributed by atoms with E-state index in [1.165, 1.54) is 24.3 Å². The summed E-state index contributed by atoms with van der Waals surface area (Å²) in [4.78, 5) is 11.4. The van der Waals surface area contributed by atoms with E-state index in [1.54, 1.807) is 6.07 Å². The molecule has 2 N–H and O–H groups in total. The normalized spacial score (nSPS) is 23.5. The van der Waals surface area contributed by atoms with Crippen LogP contribution in [0.3, 0.4) is 0 Å². The second-order valence-corrected chi connectivity index (χ2v) is 12.1. The summed E-state index contributed by atoms with van der Waals surface area (Å²) in [5, 5.41) is 19.0. The quantitative estimate of drug-likeness (QED) is 0.494. The average molecular weight is 503 g/mol. The van der Waals surface area contributed by atoms with Gasteiger partial charge < -0.3 is 9.84 Å². The Morgan fingerprint density at radius 1 is 1.24 bits per heavy atom. The van der Waals surface area contributed by atoms with Crippen LogP contribution >= 0.6 is 11.6 Å². The number of carbonyl (C=O) groups is 1. The monoisotopic (exact) mass is 502 g/mol. The van der Waals surface area contributed by atoms with Crippen molar-refractivity contribution in [3.05, 3.63) is 52.0 Å². The Kier molecular flexibility index (Phi) is 5.86. The van der Waals surface area contributed by atoms with E-state index in [0.29, 0.717) is 11.5 Å².